The Labute approximate surface area is 77.8 Å². The third kappa shape index (κ3) is 2.41. The fourth-order valence-electron chi connectivity index (χ4n) is 1.56. The largest absolute Gasteiger partial charge is 0.466 e. The van der Waals surface area contributed by atoms with E-state index in [1.807, 2.05) is 6.92 Å². The van der Waals surface area contributed by atoms with Gasteiger partial charge < -0.3 is 4.74 Å². The van der Waals surface area contributed by atoms with Crippen molar-refractivity contribution in [3.8, 4) is 0 Å². The third-order valence-electron chi connectivity index (χ3n) is 2.55. The number of methoxy groups -OCH3 is 1. The second-order valence-electron chi connectivity index (χ2n) is 3.34. The molecule has 0 bridgehead atoms. The highest BCUT2D eigenvalue weighted by Crippen LogP contribution is 2.29. The van der Waals surface area contributed by atoms with Crippen LogP contribution in [0.4, 0.5) is 0 Å². The molecule has 72 valence electrons. The summed E-state index contributed by atoms with van der Waals surface area (Å²) in [6.07, 6.45) is 4.67. The van der Waals surface area contributed by atoms with Crippen LogP contribution in [0, 0.1) is 11.8 Å². The zero-order valence-electron chi connectivity index (χ0n) is 7.95. The Morgan fingerprint density at radius 3 is 2.77 bits per heavy atom. The first-order chi connectivity index (χ1) is 6.15. The molecule has 0 radical (unpaired) electrons. The lowest BCUT2D eigenvalue weighted by Gasteiger charge is -2.07. The van der Waals surface area contributed by atoms with Crippen molar-refractivity contribution in [1.82, 2.24) is 0 Å². The minimum Gasteiger partial charge on any atom is -0.466 e. The molecule has 13 heavy (non-hydrogen) atoms. The van der Waals surface area contributed by atoms with Crippen LogP contribution in [0.5, 0.6) is 0 Å². The summed E-state index contributed by atoms with van der Waals surface area (Å²) in [4.78, 5) is 21.9. The quantitative estimate of drug-likeness (QED) is 0.478. The molecular formula is C10H14O3. The Hall–Kier alpha value is -1.12. The zero-order valence-corrected chi connectivity index (χ0v) is 7.95. The zero-order chi connectivity index (χ0) is 9.84. The summed E-state index contributed by atoms with van der Waals surface area (Å²) in [6, 6.07) is 0. The van der Waals surface area contributed by atoms with Gasteiger partial charge in [0, 0.05) is 18.4 Å². The van der Waals surface area contributed by atoms with Crippen LogP contribution in [0.3, 0.4) is 0 Å². The Morgan fingerprint density at radius 2 is 2.31 bits per heavy atom. The molecule has 0 amide bonds. The molecule has 0 unspecified atom stereocenters. The van der Waals surface area contributed by atoms with Crippen molar-refractivity contribution in [1.29, 1.82) is 0 Å². The van der Waals surface area contributed by atoms with E-state index < -0.39 is 0 Å². The van der Waals surface area contributed by atoms with Crippen molar-refractivity contribution in [2.24, 2.45) is 11.8 Å². The number of ketones is 1. The maximum atomic E-state index is 11.1. The average Bonchev–Trinajstić information content (AvgIpc) is 2.44. The number of hydrogen-bond donors (Lipinski definition) is 0. The molecule has 2 atom stereocenters. The molecule has 0 aromatic rings. The van der Waals surface area contributed by atoms with Gasteiger partial charge in [0.25, 0.3) is 0 Å². The van der Waals surface area contributed by atoms with Crippen LogP contribution in [0.1, 0.15) is 19.8 Å². The molecule has 1 rings (SSSR count). The van der Waals surface area contributed by atoms with Crippen molar-refractivity contribution in [2.75, 3.05) is 7.11 Å². The van der Waals surface area contributed by atoms with Gasteiger partial charge in [-0.25, -0.2) is 4.79 Å². The standard InChI is InChI=1S/C10H14O3/c1-7-8(3-5-9(7)11)4-6-10(12)13-2/h4,6-8H,3,5H2,1-2H3/b6-4+/t7-,8-/m0/s1. The molecular weight excluding hydrogens is 168 g/mol. The minimum absolute atomic E-state index is 0.0564. The topological polar surface area (TPSA) is 43.4 Å². The number of allylic oxidation sites excluding steroid dienone is 1. The van der Waals surface area contributed by atoms with Crippen LogP contribution in [-0.4, -0.2) is 18.9 Å². The highest BCUT2D eigenvalue weighted by atomic mass is 16.5. The summed E-state index contributed by atoms with van der Waals surface area (Å²) in [5.41, 5.74) is 0. The lowest BCUT2D eigenvalue weighted by molar-refractivity contribution is -0.134. The van der Waals surface area contributed by atoms with Gasteiger partial charge >= 0.3 is 5.97 Å². The highest BCUT2D eigenvalue weighted by Gasteiger charge is 2.28. The number of carbonyl (C=O) groups is 2. The molecule has 1 saturated carbocycles. The van der Waals surface area contributed by atoms with Crippen LogP contribution >= 0.6 is 0 Å². The van der Waals surface area contributed by atoms with E-state index in [2.05, 4.69) is 4.74 Å². The van der Waals surface area contributed by atoms with Crippen LogP contribution in [0.2, 0.25) is 0 Å². The average molecular weight is 182 g/mol. The van der Waals surface area contributed by atoms with Crippen LogP contribution < -0.4 is 0 Å². The number of Topliss-reactive ketones (excluding diaryl/α,β-unsaturated/α-hetero) is 1. The van der Waals surface area contributed by atoms with Gasteiger partial charge in [0.2, 0.25) is 0 Å². The Bertz CT molecular complexity index is 243. The number of ether oxygens (including phenoxy) is 1. The number of carbonyl (C=O) groups excluding carboxylic acids is 2. The maximum Gasteiger partial charge on any atom is 0.330 e. The van der Waals surface area contributed by atoms with Crippen LogP contribution in [0.25, 0.3) is 0 Å². The molecule has 0 aromatic heterocycles. The van der Waals surface area contributed by atoms with Crippen molar-refractivity contribution >= 4 is 11.8 Å². The predicted octanol–water partition coefficient (Wildman–Crippen LogP) is 1.33. The number of hydrogen-bond acceptors (Lipinski definition) is 3. The summed E-state index contributed by atoms with van der Waals surface area (Å²) >= 11 is 0. The van der Waals surface area contributed by atoms with E-state index in [4.69, 9.17) is 0 Å². The second kappa shape index (κ2) is 4.21. The van der Waals surface area contributed by atoms with Crippen LogP contribution in [-0.2, 0) is 14.3 Å². The fraction of sp³-hybridized carbons (Fsp3) is 0.600. The normalized spacial score (nSPS) is 28.3. The van der Waals surface area contributed by atoms with E-state index in [9.17, 15) is 9.59 Å². The molecule has 3 heteroatoms. The van der Waals surface area contributed by atoms with Crippen molar-refractivity contribution in [3.05, 3.63) is 12.2 Å². The van der Waals surface area contributed by atoms with Gasteiger partial charge in [-0.05, 0) is 12.3 Å². The van der Waals surface area contributed by atoms with Gasteiger partial charge in [0.1, 0.15) is 5.78 Å². The molecule has 0 aromatic carbocycles. The van der Waals surface area contributed by atoms with E-state index in [1.165, 1.54) is 13.2 Å². The Morgan fingerprint density at radius 1 is 1.62 bits per heavy atom. The SMILES string of the molecule is COC(=O)/C=C/[C@@H]1CCC(=O)[C@H]1C. The summed E-state index contributed by atoms with van der Waals surface area (Å²) in [6.45, 7) is 1.90. The van der Waals surface area contributed by atoms with Gasteiger partial charge in [-0.3, -0.25) is 4.79 Å². The van der Waals surface area contributed by atoms with Crippen LogP contribution in [0.15, 0.2) is 12.2 Å². The number of rotatable bonds is 2. The molecule has 0 N–H and O–H groups in total. The lowest BCUT2D eigenvalue weighted by Crippen LogP contribution is -2.08. The monoisotopic (exact) mass is 182 g/mol. The van der Waals surface area contributed by atoms with E-state index in [-0.39, 0.29) is 17.8 Å². The molecule has 1 aliphatic rings. The molecule has 3 nitrogen and oxygen atoms in total. The molecule has 0 spiro atoms. The molecule has 0 aliphatic heterocycles. The van der Waals surface area contributed by atoms with E-state index in [0.29, 0.717) is 12.2 Å². The first kappa shape index (κ1) is 9.96. The Kier molecular flexibility index (Phi) is 3.23. The maximum absolute atomic E-state index is 11.1. The second-order valence-corrected chi connectivity index (χ2v) is 3.34. The summed E-state index contributed by atoms with van der Waals surface area (Å²) in [5.74, 6) is 0.207. The van der Waals surface area contributed by atoms with Gasteiger partial charge in [0.15, 0.2) is 0 Å². The fourth-order valence-corrected chi connectivity index (χ4v) is 1.56. The summed E-state index contributed by atoms with van der Waals surface area (Å²) in [5, 5.41) is 0. The molecule has 0 saturated heterocycles. The van der Waals surface area contributed by atoms with Gasteiger partial charge in [-0.15, -0.1) is 0 Å². The molecule has 0 heterocycles. The van der Waals surface area contributed by atoms with Crippen molar-refractivity contribution < 1.29 is 14.3 Å². The lowest BCUT2D eigenvalue weighted by atomic mass is 9.97. The predicted molar refractivity (Wildman–Crippen MR) is 48.1 cm³/mol. The summed E-state index contributed by atoms with van der Waals surface area (Å²) in [7, 11) is 1.34. The minimum atomic E-state index is -0.355. The Balaban J connectivity index is 2.50. The highest BCUT2D eigenvalue weighted by molar-refractivity contribution is 5.84. The smallest absolute Gasteiger partial charge is 0.330 e. The van der Waals surface area contributed by atoms with Gasteiger partial charge in [-0.1, -0.05) is 13.0 Å². The summed E-state index contributed by atoms with van der Waals surface area (Å²) < 4.78 is 4.46. The van der Waals surface area contributed by atoms with E-state index >= 15 is 0 Å². The molecule has 1 aliphatic carbocycles. The van der Waals surface area contributed by atoms with Crippen molar-refractivity contribution in [2.45, 2.75) is 19.8 Å². The first-order valence-corrected chi connectivity index (χ1v) is 4.44. The van der Waals surface area contributed by atoms with Crippen molar-refractivity contribution in [3.63, 3.8) is 0 Å². The first-order valence-electron chi connectivity index (χ1n) is 4.44. The van der Waals surface area contributed by atoms with Gasteiger partial charge in [0.05, 0.1) is 7.11 Å². The van der Waals surface area contributed by atoms with E-state index in [0.717, 1.165) is 6.42 Å². The molecule has 1 fully saturated rings. The van der Waals surface area contributed by atoms with E-state index in [1.54, 1.807) is 6.08 Å². The van der Waals surface area contributed by atoms with Gasteiger partial charge in [-0.2, -0.15) is 0 Å². The number of esters is 1. The third-order valence-corrected chi connectivity index (χ3v) is 2.55.